The Bertz CT molecular complexity index is 1210. The monoisotopic (exact) mass is 436 g/mol. The van der Waals surface area contributed by atoms with Crippen LogP contribution in [0.4, 0.5) is 5.69 Å². The number of halogens is 1. The topological polar surface area (TPSA) is 61.0 Å². The molecule has 0 bridgehead atoms. The number of fused-ring (bicyclic) bond motifs is 1. The molecule has 30 heavy (non-hydrogen) atoms. The smallest absolute Gasteiger partial charge is 0.250 e. The van der Waals surface area contributed by atoms with Crippen molar-refractivity contribution in [2.24, 2.45) is 0 Å². The Hall–Kier alpha value is -2.67. The zero-order valence-corrected chi connectivity index (χ0v) is 17.8. The molecule has 5 rings (SSSR count). The van der Waals surface area contributed by atoms with Gasteiger partial charge in [0.2, 0.25) is 5.56 Å². The van der Waals surface area contributed by atoms with Crippen molar-refractivity contribution in [1.82, 2.24) is 15.3 Å². The van der Waals surface area contributed by atoms with Gasteiger partial charge in [-0.05, 0) is 35.4 Å². The van der Waals surface area contributed by atoms with Crippen molar-refractivity contribution >= 4 is 39.5 Å². The number of aromatic amines is 1. The SMILES string of the molecule is O=c1cc(N2CCNCC2)c2cc(C(c3ccc(Cl)cc3)c3nccs3)ccc2[nH]1. The molecule has 1 aliphatic rings. The minimum atomic E-state index is -0.0713. The summed E-state index contributed by atoms with van der Waals surface area (Å²) in [4.78, 5) is 22.2. The van der Waals surface area contributed by atoms with Crippen LogP contribution in [0.1, 0.15) is 22.1 Å². The van der Waals surface area contributed by atoms with Gasteiger partial charge in [-0.3, -0.25) is 4.79 Å². The highest BCUT2D eigenvalue weighted by molar-refractivity contribution is 7.09. The van der Waals surface area contributed by atoms with E-state index in [9.17, 15) is 4.79 Å². The van der Waals surface area contributed by atoms with E-state index in [4.69, 9.17) is 11.6 Å². The number of H-pyrrole nitrogens is 1. The number of rotatable bonds is 4. The highest BCUT2D eigenvalue weighted by Crippen LogP contribution is 2.36. The highest BCUT2D eigenvalue weighted by atomic mass is 35.5. The van der Waals surface area contributed by atoms with Crippen molar-refractivity contribution in [2.75, 3.05) is 31.1 Å². The number of piperazine rings is 1. The number of nitrogens with one attached hydrogen (secondary N) is 2. The molecular formula is C23H21ClN4OS. The Morgan fingerprint density at radius 2 is 1.80 bits per heavy atom. The molecule has 0 radical (unpaired) electrons. The third-order valence-corrected chi connectivity index (χ3v) is 6.63. The fourth-order valence-corrected chi connectivity index (χ4v) is 5.03. The van der Waals surface area contributed by atoms with E-state index < -0.39 is 0 Å². The lowest BCUT2D eigenvalue weighted by Crippen LogP contribution is -2.43. The average molecular weight is 437 g/mol. The second kappa shape index (κ2) is 8.22. The number of aromatic nitrogens is 2. The molecule has 3 heterocycles. The van der Waals surface area contributed by atoms with Crippen LogP contribution in [0.2, 0.25) is 5.02 Å². The fraction of sp³-hybridized carbons (Fsp3) is 0.217. The van der Waals surface area contributed by atoms with Crippen LogP contribution in [-0.4, -0.2) is 36.1 Å². The molecule has 1 atom stereocenters. The van der Waals surface area contributed by atoms with Gasteiger partial charge in [0.05, 0.1) is 17.1 Å². The van der Waals surface area contributed by atoms with Crippen LogP contribution in [0.3, 0.4) is 0 Å². The predicted molar refractivity (Wildman–Crippen MR) is 124 cm³/mol. The lowest BCUT2D eigenvalue weighted by atomic mass is 9.90. The molecule has 1 aliphatic heterocycles. The van der Waals surface area contributed by atoms with Crippen molar-refractivity contribution in [3.63, 3.8) is 0 Å². The van der Waals surface area contributed by atoms with E-state index in [0.29, 0.717) is 5.02 Å². The summed E-state index contributed by atoms with van der Waals surface area (Å²) in [5, 5.41) is 8.19. The van der Waals surface area contributed by atoms with Crippen LogP contribution in [-0.2, 0) is 0 Å². The molecule has 0 spiro atoms. The minimum Gasteiger partial charge on any atom is -0.368 e. The average Bonchev–Trinajstić information content (AvgIpc) is 3.30. The van der Waals surface area contributed by atoms with Gasteiger partial charge in [0, 0.05) is 54.2 Å². The van der Waals surface area contributed by atoms with Crippen molar-refractivity contribution in [2.45, 2.75) is 5.92 Å². The second-order valence-electron chi connectivity index (χ2n) is 7.42. The van der Waals surface area contributed by atoms with E-state index in [0.717, 1.165) is 58.9 Å². The van der Waals surface area contributed by atoms with Crippen molar-refractivity contribution in [3.05, 3.63) is 91.6 Å². The molecule has 1 unspecified atom stereocenters. The van der Waals surface area contributed by atoms with Crippen molar-refractivity contribution < 1.29 is 0 Å². The Labute approximate surface area is 183 Å². The molecule has 1 fully saturated rings. The summed E-state index contributed by atoms with van der Waals surface area (Å²) < 4.78 is 0. The molecule has 0 saturated carbocycles. The number of pyridine rings is 1. The first-order valence-electron chi connectivity index (χ1n) is 9.96. The van der Waals surface area contributed by atoms with Gasteiger partial charge in [-0.25, -0.2) is 4.98 Å². The first-order valence-corrected chi connectivity index (χ1v) is 11.2. The number of benzene rings is 2. The predicted octanol–water partition coefficient (Wildman–Crippen LogP) is 4.23. The minimum absolute atomic E-state index is 0.00877. The summed E-state index contributed by atoms with van der Waals surface area (Å²) in [7, 11) is 0. The first-order chi connectivity index (χ1) is 14.7. The van der Waals surface area contributed by atoms with Crippen molar-refractivity contribution in [1.29, 1.82) is 0 Å². The molecular weight excluding hydrogens is 416 g/mol. The summed E-state index contributed by atoms with van der Waals surface area (Å²) in [5.74, 6) is 0.00877. The number of nitrogens with zero attached hydrogens (tertiary/aromatic N) is 2. The zero-order valence-electron chi connectivity index (χ0n) is 16.3. The summed E-state index contributed by atoms with van der Waals surface area (Å²) >= 11 is 7.77. The van der Waals surface area contributed by atoms with Gasteiger partial charge >= 0.3 is 0 Å². The molecule has 152 valence electrons. The van der Waals surface area contributed by atoms with E-state index in [2.05, 4.69) is 44.5 Å². The third kappa shape index (κ3) is 3.74. The first kappa shape index (κ1) is 19.3. The molecule has 0 amide bonds. The Kier molecular flexibility index (Phi) is 5.29. The maximum Gasteiger partial charge on any atom is 0.250 e. The van der Waals surface area contributed by atoms with E-state index in [1.165, 1.54) is 0 Å². The summed E-state index contributed by atoms with van der Waals surface area (Å²) in [6, 6.07) is 16.0. The van der Waals surface area contributed by atoms with Crippen LogP contribution in [0.15, 0.2) is 64.9 Å². The van der Waals surface area contributed by atoms with Gasteiger partial charge in [0.25, 0.3) is 0 Å². The van der Waals surface area contributed by atoms with E-state index in [1.807, 2.05) is 29.8 Å². The number of hydrogen-bond acceptors (Lipinski definition) is 5. The molecule has 2 aromatic heterocycles. The molecule has 7 heteroatoms. The lowest BCUT2D eigenvalue weighted by Gasteiger charge is -2.30. The maximum absolute atomic E-state index is 12.3. The number of hydrogen-bond donors (Lipinski definition) is 2. The standard InChI is InChI=1S/C23H21ClN4OS/c24-17-4-1-15(2-5-17)22(23-26-9-12-30-23)16-3-6-19-18(13-16)20(14-21(29)27-19)28-10-7-25-8-11-28/h1-6,9,12-14,22,25H,7-8,10-11H2,(H,27,29). The second-order valence-corrected chi connectivity index (χ2v) is 8.78. The third-order valence-electron chi connectivity index (χ3n) is 5.54. The van der Waals surface area contributed by atoms with Gasteiger partial charge in [0.15, 0.2) is 0 Å². The Morgan fingerprint density at radius 1 is 1.03 bits per heavy atom. The van der Waals surface area contributed by atoms with Crippen LogP contribution in [0, 0.1) is 0 Å². The highest BCUT2D eigenvalue weighted by Gasteiger charge is 2.21. The van der Waals surface area contributed by atoms with Crippen LogP contribution in [0.5, 0.6) is 0 Å². The van der Waals surface area contributed by atoms with Crippen LogP contribution < -0.4 is 15.8 Å². The molecule has 1 saturated heterocycles. The fourth-order valence-electron chi connectivity index (χ4n) is 4.11. The normalized spacial score (nSPS) is 15.4. The van der Waals surface area contributed by atoms with Gasteiger partial charge in [-0.15, -0.1) is 11.3 Å². The molecule has 4 aromatic rings. The van der Waals surface area contributed by atoms with Gasteiger partial charge in [-0.1, -0.05) is 29.8 Å². The lowest BCUT2D eigenvalue weighted by molar-refractivity contribution is 0.590. The van der Waals surface area contributed by atoms with Gasteiger partial charge in [0.1, 0.15) is 5.01 Å². The largest absolute Gasteiger partial charge is 0.368 e. The number of anilines is 1. The summed E-state index contributed by atoms with van der Waals surface area (Å²) in [5.41, 5.74) is 4.06. The molecule has 5 nitrogen and oxygen atoms in total. The molecule has 0 aliphatic carbocycles. The number of thiazole rings is 1. The van der Waals surface area contributed by atoms with E-state index in [-0.39, 0.29) is 11.5 Å². The van der Waals surface area contributed by atoms with Crippen molar-refractivity contribution in [3.8, 4) is 0 Å². The van der Waals surface area contributed by atoms with Gasteiger partial charge in [-0.2, -0.15) is 0 Å². The van der Waals surface area contributed by atoms with E-state index >= 15 is 0 Å². The Morgan fingerprint density at radius 3 is 2.53 bits per heavy atom. The van der Waals surface area contributed by atoms with E-state index in [1.54, 1.807) is 17.4 Å². The zero-order chi connectivity index (χ0) is 20.5. The Balaban J connectivity index is 1.67. The molecule has 2 aromatic carbocycles. The quantitative estimate of drug-likeness (QED) is 0.502. The summed E-state index contributed by atoms with van der Waals surface area (Å²) in [6.45, 7) is 3.60. The van der Waals surface area contributed by atoms with Crippen LogP contribution in [0.25, 0.3) is 10.9 Å². The van der Waals surface area contributed by atoms with Crippen LogP contribution >= 0.6 is 22.9 Å². The maximum atomic E-state index is 12.3. The van der Waals surface area contributed by atoms with Gasteiger partial charge < -0.3 is 15.2 Å². The molecule has 2 N–H and O–H groups in total. The summed E-state index contributed by atoms with van der Waals surface area (Å²) in [6.07, 6.45) is 1.84.